The molecule has 0 aromatic heterocycles. The fourth-order valence-electron chi connectivity index (χ4n) is 2.28. The number of nitrogens with zero attached hydrogens (tertiary/aromatic N) is 1. The van der Waals surface area contributed by atoms with E-state index in [9.17, 15) is 4.79 Å². The summed E-state index contributed by atoms with van der Waals surface area (Å²) in [6.45, 7) is 3.85. The Morgan fingerprint density at radius 3 is 2.94 bits per heavy atom. The van der Waals surface area contributed by atoms with Gasteiger partial charge in [0.2, 0.25) is 5.91 Å². The summed E-state index contributed by atoms with van der Waals surface area (Å²) >= 11 is 1.69. The lowest BCUT2D eigenvalue weighted by molar-refractivity contribution is -0.118. The quantitative estimate of drug-likeness (QED) is 0.829. The summed E-state index contributed by atoms with van der Waals surface area (Å²) in [6, 6.07) is 8.11. The topological polar surface area (TPSA) is 32.3 Å². The van der Waals surface area contributed by atoms with E-state index in [-0.39, 0.29) is 11.9 Å². The van der Waals surface area contributed by atoms with Gasteiger partial charge in [0.25, 0.3) is 0 Å². The van der Waals surface area contributed by atoms with Gasteiger partial charge in [0.05, 0.1) is 11.7 Å². The highest BCUT2D eigenvalue weighted by atomic mass is 32.2. The number of benzene rings is 1. The molecule has 1 aliphatic heterocycles. The van der Waals surface area contributed by atoms with Crippen LogP contribution in [0.5, 0.6) is 0 Å². The van der Waals surface area contributed by atoms with Gasteiger partial charge in [-0.05, 0) is 37.8 Å². The molecule has 1 fully saturated rings. The second kappa shape index (κ2) is 6.25. The van der Waals surface area contributed by atoms with Gasteiger partial charge in [-0.2, -0.15) is 0 Å². The normalized spacial score (nSPS) is 19.6. The number of carbonyl (C=O) groups is 1. The highest BCUT2D eigenvalue weighted by molar-refractivity contribution is 7.98. The van der Waals surface area contributed by atoms with Gasteiger partial charge < -0.3 is 10.2 Å². The highest BCUT2D eigenvalue weighted by Gasteiger charge is 2.32. The van der Waals surface area contributed by atoms with Crippen molar-refractivity contribution in [1.29, 1.82) is 0 Å². The maximum atomic E-state index is 12.3. The molecule has 1 aromatic rings. The summed E-state index contributed by atoms with van der Waals surface area (Å²) in [5, 5.41) is 3.32. The minimum Gasteiger partial charge on any atom is -0.310 e. The molecule has 1 aliphatic rings. The van der Waals surface area contributed by atoms with Gasteiger partial charge in [0.1, 0.15) is 0 Å². The average molecular weight is 264 g/mol. The minimum absolute atomic E-state index is 0.000128. The van der Waals surface area contributed by atoms with Crippen molar-refractivity contribution >= 4 is 23.4 Å². The van der Waals surface area contributed by atoms with Crippen LogP contribution in [0.1, 0.15) is 19.8 Å². The SMILES string of the molecule is CCCNC1CCN(c2ccccc2SC)C1=O. The van der Waals surface area contributed by atoms with Crippen LogP contribution in [0.2, 0.25) is 0 Å². The summed E-state index contributed by atoms with van der Waals surface area (Å²) in [4.78, 5) is 15.4. The Morgan fingerprint density at radius 2 is 2.22 bits per heavy atom. The number of hydrogen-bond acceptors (Lipinski definition) is 3. The smallest absolute Gasteiger partial charge is 0.244 e. The highest BCUT2D eigenvalue weighted by Crippen LogP contribution is 2.31. The number of rotatable bonds is 5. The Hall–Kier alpha value is -1.00. The van der Waals surface area contributed by atoms with Crippen LogP contribution in [-0.2, 0) is 4.79 Å². The summed E-state index contributed by atoms with van der Waals surface area (Å²) in [5.41, 5.74) is 1.05. The van der Waals surface area contributed by atoms with Crippen LogP contribution in [0, 0.1) is 0 Å². The Bertz CT molecular complexity index is 422. The fourth-order valence-corrected chi connectivity index (χ4v) is 2.88. The molecule has 1 unspecified atom stereocenters. The molecule has 4 heteroatoms. The van der Waals surface area contributed by atoms with Crippen molar-refractivity contribution in [1.82, 2.24) is 5.32 Å². The van der Waals surface area contributed by atoms with E-state index < -0.39 is 0 Å². The van der Waals surface area contributed by atoms with Crippen LogP contribution in [-0.4, -0.2) is 31.3 Å². The zero-order valence-electron chi connectivity index (χ0n) is 11.0. The molecule has 98 valence electrons. The summed E-state index contributed by atoms with van der Waals surface area (Å²) in [7, 11) is 0. The van der Waals surface area contributed by atoms with Crippen LogP contribution in [0.3, 0.4) is 0 Å². The van der Waals surface area contributed by atoms with E-state index in [1.54, 1.807) is 11.8 Å². The molecule has 1 aromatic carbocycles. The molecule has 1 atom stereocenters. The van der Waals surface area contributed by atoms with Crippen molar-refractivity contribution in [2.45, 2.75) is 30.7 Å². The molecule has 1 saturated heterocycles. The molecule has 1 amide bonds. The number of thioether (sulfide) groups is 1. The Labute approximate surface area is 113 Å². The lowest BCUT2D eigenvalue weighted by Gasteiger charge is -2.19. The lowest BCUT2D eigenvalue weighted by Crippen LogP contribution is -2.38. The predicted octanol–water partition coefficient (Wildman–Crippen LogP) is 2.51. The molecule has 0 saturated carbocycles. The summed E-state index contributed by atoms with van der Waals surface area (Å²) in [6.07, 6.45) is 4.01. The van der Waals surface area contributed by atoms with Crippen molar-refractivity contribution in [2.75, 3.05) is 24.2 Å². The molecule has 0 spiro atoms. The molecule has 0 bridgehead atoms. The van der Waals surface area contributed by atoms with E-state index in [1.807, 2.05) is 29.4 Å². The van der Waals surface area contributed by atoms with Crippen LogP contribution >= 0.6 is 11.8 Å². The lowest BCUT2D eigenvalue weighted by atomic mass is 10.2. The van der Waals surface area contributed by atoms with Crippen LogP contribution in [0.15, 0.2) is 29.2 Å². The van der Waals surface area contributed by atoms with Gasteiger partial charge in [-0.25, -0.2) is 0 Å². The zero-order valence-corrected chi connectivity index (χ0v) is 11.8. The van der Waals surface area contributed by atoms with Crippen molar-refractivity contribution in [2.24, 2.45) is 0 Å². The first-order valence-electron chi connectivity index (χ1n) is 6.45. The minimum atomic E-state index is -0.000128. The average Bonchev–Trinajstić information content (AvgIpc) is 2.77. The van der Waals surface area contributed by atoms with Gasteiger partial charge in [-0.1, -0.05) is 19.1 Å². The van der Waals surface area contributed by atoms with Crippen LogP contribution in [0.25, 0.3) is 0 Å². The second-order valence-corrected chi connectivity index (χ2v) is 5.31. The Morgan fingerprint density at radius 1 is 1.44 bits per heavy atom. The number of nitrogens with one attached hydrogen (secondary N) is 1. The maximum absolute atomic E-state index is 12.3. The molecule has 2 rings (SSSR count). The molecular formula is C14H20N2OS. The number of carbonyl (C=O) groups excluding carboxylic acids is 1. The summed E-state index contributed by atoms with van der Waals surface area (Å²) in [5.74, 6) is 0.213. The Balaban J connectivity index is 2.13. The standard InChI is InChI=1S/C14H20N2OS/c1-3-9-15-11-8-10-16(14(11)17)12-6-4-5-7-13(12)18-2/h4-7,11,15H,3,8-10H2,1-2H3. The third-order valence-corrected chi connectivity index (χ3v) is 4.01. The van der Waals surface area contributed by atoms with Crippen LogP contribution in [0.4, 0.5) is 5.69 Å². The molecule has 0 radical (unpaired) electrons. The number of anilines is 1. The molecular weight excluding hydrogens is 244 g/mol. The van der Waals surface area contributed by atoms with E-state index in [0.29, 0.717) is 0 Å². The summed E-state index contributed by atoms with van der Waals surface area (Å²) < 4.78 is 0. The first-order valence-corrected chi connectivity index (χ1v) is 7.68. The molecule has 0 aliphatic carbocycles. The first kappa shape index (κ1) is 13.4. The van der Waals surface area contributed by atoms with Crippen molar-refractivity contribution in [3.63, 3.8) is 0 Å². The van der Waals surface area contributed by atoms with Crippen molar-refractivity contribution < 1.29 is 4.79 Å². The Kier molecular flexibility index (Phi) is 4.66. The van der Waals surface area contributed by atoms with Gasteiger partial charge in [0.15, 0.2) is 0 Å². The molecule has 1 heterocycles. The molecule has 1 N–H and O–H groups in total. The molecule has 18 heavy (non-hydrogen) atoms. The predicted molar refractivity (Wildman–Crippen MR) is 77.3 cm³/mol. The first-order chi connectivity index (χ1) is 8.77. The van der Waals surface area contributed by atoms with E-state index in [4.69, 9.17) is 0 Å². The number of hydrogen-bond donors (Lipinski definition) is 1. The van der Waals surface area contributed by atoms with Gasteiger partial charge >= 0.3 is 0 Å². The molecule has 3 nitrogen and oxygen atoms in total. The van der Waals surface area contributed by atoms with Gasteiger partial charge in [-0.3, -0.25) is 4.79 Å². The fraction of sp³-hybridized carbons (Fsp3) is 0.500. The largest absolute Gasteiger partial charge is 0.310 e. The maximum Gasteiger partial charge on any atom is 0.244 e. The van der Waals surface area contributed by atoms with E-state index >= 15 is 0 Å². The van der Waals surface area contributed by atoms with E-state index in [2.05, 4.69) is 18.3 Å². The van der Waals surface area contributed by atoms with Crippen molar-refractivity contribution in [3.8, 4) is 0 Å². The second-order valence-electron chi connectivity index (χ2n) is 4.46. The number of amides is 1. The van der Waals surface area contributed by atoms with Crippen molar-refractivity contribution in [3.05, 3.63) is 24.3 Å². The number of para-hydroxylation sites is 1. The van der Waals surface area contributed by atoms with Crippen LogP contribution < -0.4 is 10.2 Å². The van der Waals surface area contributed by atoms with Gasteiger partial charge in [0, 0.05) is 11.4 Å². The third kappa shape index (κ3) is 2.70. The monoisotopic (exact) mass is 264 g/mol. The van der Waals surface area contributed by atoms with E-state index in [0.717, 1.165) is 31.6 Å². The zero-order chi connectivity index (χ0) is 13.0. The third-order valence-electron chi connectivity index (χ3n) is 3.22. The van der Waals surface area contributed by atoms with E-state index in [1.165, 1.54) is 4.90 Å². The van der Waals surface area contributed by atoms with Gasteiger partial charge in [-0.15, -0.1) is 11.8 Å².